The molecule has 1 spiro atoms. The molecule has 9 heteroatoms. The smallest absolute Gasteiger partial charge is 0.394 e. The maximum Gasteiger partial charge on any atom is 0.394 e. The number of nitrogens with one attached hydrogen (secondary N) is 1. The highest BCUT2D eigenvalue weighted by Crippen LogP contribution is 2.34. The van der Waals surface area contributed by atoms with Gasteiger partial charge in [0.15, 0.2) is 0 Å². The summed E-state index contributed by atoms with van der Waals surface area (Å²) < 4.78 is 37.0. The first kappa shape index (κ1) is 25.6. The van der Waals surface area contributed by atoms with Crippen LogP contribution in [0.15, 0.2) is 47.7 Å². The van der Waals surface area contributed by atoms with E-state index in [0.29, 0.717) is 33.2 Å². The van der Waals surface area contributed by atoms with E-state index in [9.17, 15) is 18.7 Å². The Bertz CT molecular complexity index is 960. The van der Waals surface area contributed by atoms with Crippen molar-refractivity contribution >= 4 is 11.6 Å². The molecule has 1 aliphatic carbocycles. The normalized spacial score (nSPS) is 24.2. The number of benzene rings is 1. The average molecular weight is 492 g/mol. The van der Waals surface area contributed by atoms with Crippen LogP contribution >= 0.6 is 0 Å². The number of hydrogen-bond donors (Lipinski definition) is 2. The quantitative estimate of drug-likeness (QED) is 0.580. The molecule has 0 aromatic heterocycles. The molecular formula is C26H35F2N3O4. The molecule has 2 atom stereocenters. The van der Waals surface area contributed by atoms with Gasteiger partial charge in [-0.1, -0.05) is 11.6 Å². The van der Waals surface area contributed by atoms with Gasteiger partial charge in [0.05, 0.1) is 18.8 Å². The molecule has 0 radical (unpaired) electrons. The van der Waals surface area contributed by atoms with Gasteiger partial charge in [-0.25, -0.2) is 0 Å². The van der Waals surface area contributed by atoms with Crippen LogP contribution in [-0.2, 0) is 9.53 Å². The number of aliphatic hydroxyl groups excluding tert-OH is 1. The molecule has 1 aromatic rings. The van der Waals surface area contributed by atoms with Crippen molar-refractivity contribution in [1.29, 1.82) is 0 Å². The Labute approximate surface area is 205 Å². The Balaban J connectivity index is 1.34. The minimum Gasteiger partial charge on any atom is -0.433 e. The van der Waals surface area contributed by atoms with Crippen molar-refractivity contribution in [1.82, 2.24) is 10.2 Å². The summed E-state index contributed by atoms with van der Waals surface area (Å²) in [4.78, 5) is 17.0. The molecule has 2 saturated heterocycles. The number of hydrogen-bond acceptors (Lipinski definition) is 6. The van der Waals surface area contributed by atoms with Gasteiger partial charge in [-0.15, -0.1) is 0 Å². The lowest BCUT2D eigenvalue weighted by Gasteiger charge is -2.43. The fourth-order valence-corrected chi connectivity index (χ4v) is 5.03. The molecule has 2 N–H and O–H groups in total. The molecule has 0 bridgehead atoms. The number of anilines is 1. The lowest BCUT2D eigenvalue weighted by molar-refractivity contribution is -0.158. The molecule has 7 nitrogen and oxygen atoms in total. The Morgan fingerprint density at radius 2 is 2.00 bits per heavy atom. The first-order valence-corrected chi connectivity index (χ1v) is 12.2. The first-order chi connectivity index (χ1) is 16.6. The number of allylic oxidation sites excluding steroid dienone is 4. The summed E-state index contributed by atoms with van der Waals surface area (Å²) in [6.07, 6.45) is 3.55. The molecule has 1 amide bonds. The number of rotatable bonds is 8. The molecule has 2 unspecified atom stereocenters. The van der Waals surface area contributed by atoms with E-state index in [1.54, 1.807) is 24.3 Å². The fourth-order valence-electron chi connectivity index (χ4n) is 5.03. The minimum atomic E-state index is -3.22. The highest BCUT2D eigenvalue weighted by molar-refractivity contribution is 5.78. The van der Waals surface area contributed by atoms with E-state index in [0.717, 1.165) is 37.2 Å². The molecule has 4 rings (SSSR count). The number of carbonyl (C=O) groups excluding carboxylic acids is 1. The number of ether oxygens (including phenoxy) is 2. The number of carbonyl (C=O) groups is 1. The number of morpholine rings is 1. The van der Waals surface area contributed by atoms with E-state index < -0.39 is 11.7 Å². The standard InChI is InChI=1S/C26H35F2N3O4/c1-19-3-5-20(6-4-19)29-24(33)15-22(16-32)31-13-14-34-26(18-31)11-12-30(17-26)21-7-9-23(10-8-21)35-25(2,27)28/h3,5,7-10,22,32H,4,6,11-18H2,1-2H3,(H,29,33). The average Bonchev–Trinajstić information content (AvgIpc) is 3.21. The van der Waals surface area contributed by atoms with Gasteiger partial charge in [-0.05, 0) is 56.5 Å². The van der Waals surface area contributed by atoms with Crippen LogP contribution in [0.3, 0.4) is 0 Å². The highest BCUT2D eigenvalue weighted by atomic mass is 19.3. The Morgan fingerprint density at radius 3 is 2.66 bits per heavy atom. The molecular weight excluding hydrogens is 456 g/mol. The Kier molecular flexibility index (Phi) is 7.78. The number of alkyl halides is 2. The zero-order valence-electron chi connectivity index (χ0n) is 20.4. The van der Waals surface area contributed by atoms with Gasteiger partial charge >= 0.3 is 6.11 Å². The van der Waals surface area contributed by atoms with E-state index in [4.69, 9.17) is 4.74 Å². The summed E-state index contributed by atoms with van der Waals surface area (Å²) in [5.74, 6) is 0.0336. The van der Waals surface area contributed by atoms with Crippen molar-refractivity contribution < 1.29 is 28.2 Å². The summed E-state index contributed by atoms with van der Waals surface area (Å²) in [7, 11) is 0. The van der Waals surface area contributed by atoms with Gasteiger partial charge in [0.1, 0.15) is 5.75 Å². The lowest BCUT2D eigenvalue weighted by atomic mass is 9.98. The largest absolute Gasteiger partial charge is 0.433 e. The molecule has 35 heavy (non-hydrogen) atoms. The molecule has 2 fully saturated rings. The molecule has 2 heterocycles. The topological polar surface area (TPSA) is 74.3 Å². The van der Waals surface area contributed by atoms with Crippen molar-refractivity contribution in [3.05, 3.63) is 47.7 Å². The van der Waals surface area contributed by atoms with E-state index in [2.05, 4.69) is 26.8 Å². The van der Waals surface area contributed by atoms with Gasteiger partial charge in [0.25, 0.3) is 0 Å². The summed E-state index contributed by atoms with van der Waals surface area (Å²) in [6, 6.07) is 6.37. The SMILES string of the molecule is CC1=CC=C(NC(=O)CC(CO)N2CCOC3(CCN(c4ccc(OC(C)(F)F)cc4)C3)C2)CC1. The fraction of sp³-hybridized carbons (Fsp3) is 0.577. The number of aliphatic hydroxyl groups is 1. The van der Waals surface area contributed by atoms with Gasteiger partial charge in [-0.3, -0.25) is 9.69 Å². The van der Waals surface area contributed by atoms with Crippen LogP contribution in [0.4, 0.5) is 14.5 Å². The van der Waals surface area contributed by atoms with Crippen molar-refractivity contribution in [2.75, 3.05) is 44.3 Å². The molecule has 0 saturated carbocycles. The molecule has 3 aliphatic rings. The van der Waals surface area contributed by atoms with Gasteiger partial charge in [-0.2, -0.15) is 8.78 Å². The van der Waals surface area contributed by atoms with E-state index in [-0.39, 0.29) is 30.7 Å². The predicted molar refractivity (Wildman–Crippen MR) is 129 cm³/mol. The number of amides is 1. The summed E-state index contributed by atoms with van der Waals surface area (Å²) in [6.45, 7) is 5.91. The van der Waals surface area contributed by atoms with E-state index >= 15 is 0 Å². The van der Waals surface area contributed by atoms with Crippen molar-refractivity contribution in [2.24, 2.45) is 0 Å². The first-order valence-electron chi connectivity index (χ1n) is 12.2. The summed E-state index contributed by atoms with van der Waals surface area (Å²) >= 11 is 0. The zero-order valence-corrected chi connectivity index (χ0v) is 20.4. The van der Waals surface area contributed by atoms with Crippen molar-refractivity contribution in [3.63, 3.8) is 0 Å². The third-order valence-corrected chi connectivity index (χ3v) is 6.90. The van der Waals surface area contributed by atoms with Crippen molar-refractivity contribution in [3.8, 4) is 5.75 Å². The van der Waals surface area contributed by atoms with E-state index in [1.165, 1.54) is 5.57 Å². The second-order valence-corrected chi connectivity index (χ2v) is 9.87. The maximum atomic E-state index is 13.1. The van der Waals surface area contributed by atoms with E-state index in [1.807, 2.05) is 12.2 Å². The van der Waals surface area contributed by atoms with Crippen LogP contribution in [0.25, 0.3) is 0 Å². The van der Waals surface area contributed by atoms with Gasteiger partial charge in [0.2, 0.25) is 5.91 Å². The molecule has 1 aromatic carbocycles. The van der Waals surface area contributed by atoms with Crippen LogP contribution in [0.1, 0.15) is 39.5 Å². The summed E-state index contributed by atoms with van der Waals surface area (Å²) in [5, 5.41) is 13.1. The monoisotopic (exact) mass is 491 g/mol. The maximum absolute atomic E-state index is 13.1. The van der Waals surface area contributed by atoms with Gasteiger partial charge in [0, 0.05) is 56.9 Å². The number of halogens is 2. The third-order valence-electron chi connectivity index (χ3n) is 6.90. The second-order valence-electron chi connectivity index (χ2n) is 9.87. The zero-order chi connectivity index (χ0) is 25.1. The lowest BCUT2D eigenvalue weighted by Crippen LogP contribution is -2.57. The van der Waals surface area contributed by atoms with Crippen LogP contribution in [0.2, 0.25) is 0 Å². The second kappa shape index (κ2) is 10.6. The Hall–Kier alpha value is -2.49. The molecule has 192 valence electrons. The van der Waals surface area contributed by atoms with Crippen LogP contribution < -0.4 is 15.0 Å². The van der Waals surface area contributed by atoms with Crippen molar-refractivity contribution in [2.45, 2.75) is 57.3 Å². The number of nitrogens with zero attached hydrogens (tertiary/aromatic N) is 2. The highest BCUT2D eigenvalue weighted by Gasteiger charge is 2.44. The minimum absolute atomic E-state index is 0.0863. The van der Waals surface area contributed by atoms with Crippen LogP contribution in [0.5, 0.6) is 5.75 Å². The summed E-state index contributed by atoms with van der Waals surface area (Å²) in [5.41, 5.74) is 2.73. The molecule has 2 aliphatic heterocycles. The van der Waals surface area contributed by atoms with Crippen LogP contribution in [0, 0.1) is 0 Å². The Morgan fingerprint density at radius 1 is 1.23 bits per heavy atom. The van der Waals surface area contributed by atoms with Crippen LogP contribution in [-0.4, -0.2) is 73.1 Å². The van der Waals surface area contributed by atoms with Gasteiger partial charge < -0.3 is 24.8 Å². The predicted octanol–water partition coefficient (Wildman–Crippen LogP) is 3.45. The third kappa shape index (κ3) is 6.80.